The van der Waals surface area contributed by atoms with E-state index in [9.17, 15) is 15.0 Å². The van der Waals surface area contributed by atoms with Crippen molar-refractivity contribution in [3.8, 4) is 0 Å². The van der Waals surface area contributed by atoms with Crippen LogP contribution in [0.15, 0.2) is 28.3 Å². The molecule has 0 atom stereocenters. The predicted molar refractivity (Wildman–Crippen MR) is 70.3 cm³/mol. The summed E-state index contributed by atoms with van der Waals surface area (Å²) in [7, 11) is 1.27. The third-order valence-electron chi connectivity index (χ3n) is 2.22. The van der Waals surface area contributed by atoms with Crippen LogP contribution in [0, 0.1) is 0 Å². The molecule has 0 aromatic carbocycles. The Morgan fingerprint density at radius 2 is 2.36 bits per heavy atom. The third-order valence-corrected chi connectivity index (χ3v) is 2.89. The second-order valence-corrected chi connectivity index (χ2v) is 4.68. The van der Waals surface area contributed by atoms with Gasteiger partial charge in [-0.15, -0.1) is 25.8 Å². The maximum absolute atomic E-state index is 12.1. The van der Waals surface area contributed by atoms with Crippen molar-refractivity contribution in [2.24, 2.45) is 10.3 Å². The van der Waals surface area contributed by atoms with Crippen molar-refractivity contribution < 1.29 is 24.5 Å². The van der Waals surface area contributed by atoms with E-state index in [4.69, 9.17) is 5.73 Å². The number of hydrogen-bond acceptors (Lipinski definition) is 10. The number of nitrogens with two attached hydrogens (primary N) is 1. The van der Waals surface area contributed by atoms with E-state index in [1.54, 1.807) is 0 Å². The summed E-state index contributed by atoms with van der Waals surface area (Å²) < 4.78 is 2.08. The van der Waals surface area contributed by atoms with Crippen molar-refractivity contribution in [3.05, 3.63) is 23.7 Å². The fourth-order valence-electron chi connectivity index (χ4n) is 1.42. The summed E-state index contributed by atoms with van der Waals surface area (Å²) in [6.45, 7) is -0.460. The lowest BCUT2D eigenvalue weighted by Crippen LogP contribution is -2.37. The minimum atomic E-state index is -1.32. The number of nitrogens with zero attached hydrogens (tertiary/aromatic N) is 6. The Morgan fingerprint density at radius 3 is 2.95 bits per heavy atom. The highest BCUT2D eigenvalue weighted by molar-refractivity contribution is 7.13. The summed E-state index contributed by atoms with van der Waals surface area (Å²) in [4.78, 5) is 19.0. The van der Waals surface area contributed by atoms with Gasteiger partial charge in [-0.05, 0) is 0 Å². The van der Waals surface area contributed by atoms with Crippen molar-refractivity contribution in [1.29, 1.82) is 0 Å². The van der Waals surface area contributed by atoms with Crippen LogP contribution >= 0.6 is 11.3 Å². The van der Waals surface area contributed by atoms with Gasteiger partial charge in [-0.1, -0.05) is 5.16 Å². The van der Waals surface area contributed by atoms with Crippen molar-refractivity contribution in [2.45, 2.75) is 6.54 Å². The average molecular weight is 324 g/mol. The van der Waals surface area contributed by atoms with Crippen LogP contribution in [0.25, 0.3) is 0 Å². The third kappa shape index (κ3) is 3.76. The highest BCUT2D eigenvalue weighted by atomic mass is 32.1. The van der Waals surface area contributed by atoms with Gasteiger partial charge in [-0.3, -0.25) is 0 Å². The van der Waals surface area contributed by atoms with Crippen LogP contribution in [0.1, 0.15) is 5.69 Å². The number of aromatic nitrogens is 4. The number of hydrogen-bond donors (Lipinski definition) is 1. The zero-order valence-corrected chi connectivity index (χ0v) is 12.1. The smallest absolute Gasteiger partial charge is 0.288 e. The van der Waals surface area contributed by atoms with E-state index in [0.29, 0.717) is 0 Å². The topological polar surface area (TPSA) is 158 Å². The lowest BCUT2D eigenvalue weighted by Gasteiger charge is -2.08. The molecule has 2 heterocycles. The molecule has 12 heteroatoms. The number of carboxylic acids is 1. The number of carboxylic acid groups (broad SMARTS) is 1. The van der Waals surface area contributed by atoms with E-state index >= 15 is 0 Å². The second kappa shape index (κ2) is 6.62. The molecule has 2 N–H and O–H groups in total. The Kier molecular flexibility index (Phi) is 4.63. The van der Waals surface area contributed by atoms with E-state index < -0.39 is 18.4 Å². The summed E-state index contributed by atoms with van der Waals surface area (Å²) in [6.07, 6.45) is 2.36. The van der Waals surface area contributed by atoms with Crippen LogP contribution in [-0.2, 0) is 16.2 Å². The number of thiazole rings is 1. The van der Waals surface area contributed by atoms with Crippen LogP contribution in [0.4, 0.5) is 5.13 Å². The number of rotatable bonds is 6. The Morgan fingerprint density at radius 1 is 1.59 bits per heavy atom. The fourth-order valence-corrected chi connectivity index (χ4v) is 1.96. The number of carbonyl (C=O) groups excluding carboxylic acids is 1. The standard InChI is InChI=1S/C10H11N7O4S/c1-21-15-8(6-3-22-10(11)13-6)9(20)14-17-4-12-16(5-17)2-7(18)19/h3-5H,2H2,1H3,(H3-,11,13,14,18,19,20)/p-1. The van der Waals surface area contributed by atoms with E-state index in [0.717, 1.165) is 27.0 Å². The highest BCUT2D eigenvalue weighted by Crippen LogP contribution is 2.12. The average Bonchev–Trinajstić information content (AvgIpc) is 3.04. The minimum absolute atomic E-state index is 0.143. The van der Waals surface area contributed by atoms with Crippen LogP contribution < -0.4 is 20.6 Å². The van der Waals surface area contributed by atoms with E-state index in [2.05, 4.69) is 25.2 Å². The van der Waals surface area contributed by atoms with Crippen LogP contribution in [0.2, 0.25) is 0 Å². The molecule has 0 aliphatic rings. The molecule has 0 spiro atoms. The Labute approximate surface area is 127 Å². The van der Waals surface area contributed by atoms with Gasteiger partial charge in [0.25, 0.3) is 6.33 Å². The number of oxime groups is 1. The first-order chi connectivity index (χ1) is 10.5. The molecule has 22 heavy (non-hydrogen) atoms. The molecule has 2 aromatic rings. The molecule has 0 saturated carbocycles. The maximum Gasteiger partial charge on any atom is 0.288 e. The van der Waals surface area contributed by atoms with Crippen molar-refractivity contribution in [2.75, 3.05) is 12.8 Å². The molecular formula is C10H10N7O4S-. The SMILES string of the molecule is CON=C(C([O-])=N[n+]1cnn(CC(=O)[O-])c1)c1csc(N)n1. The monoisotopic (exact) mass is 324 g/mol. The van der Waals surface area contributed by atoms with Gasteiger partial charge < -0.3 is 25.6 Å². The minimum Gasteiger partial charge on any atom is -0.855 e. The van der Waals surface area contributed by atoms with Crippen LogP contribution in [-0.4, -0.2) is 39.5 Å². The number of nitrogen functional groups attached to an aromatic ring is 1. The molecule has 0 saturated heterocycles. The number of carbonyl (C=O) groups is 1. The second-order valence-electron chi connectivity index (χ2n) is 3.79. The number of aliphatic carboxylic acids is 1. The van der Waals surface area contributed by atoms with Gasteiger partial charge in [0.15, 0.2) is 5.13 Å². The molecule has 2 aromatic heterocycles. The largest absolute Gasteiger partial charge is 0.855 e. The molecule has 0 amide bonds. The summed E-state index contributed by atoms with van der Waals surface area (Å²) in [5.41, 5.74) is 5.58. The summed E-state index contributed by atoms with van der Waals surface area (Å²) in [5, 5.41) is 35.3. The van der Waals surface area contributed by atoms with E-state index in [1.807, 2.05) is 0 Å². The Balaban J connectivity index is 2.26. The van der Waals surface area contributed by atoms with Gasteiger partial charge in [0, 0.05) is 10.5 Å². The normalized spacial score (nSPS) is 12.4. The molecular weight excluding hydrogens is 314 g/mol. The Hall–Kier alpha value is -3.02. The highest BCUT2D eigenvalue weighted by Gasteiger charge is 2.11. The first-order valence-corrected chi connectivity index (χ1v) is 6.60. The molecule has 0 unspecified atom stereocenters. The summed E-state index contributed by atoms with van der Waals surface area (Å²) >= 11 is 1.13. The molecule has 0 aliphatic carbocycles. The number of anilines is 1. The molecule has 0 radical (unpaired) electrons. The molecule has 0 fully saturated rings. The van der Waals surface area contributed by atoms with Gasteiger partial charge in [-0.2, -0.15) is 0 Å². The predicted octanol–water partition coefficient (Wildman–Crippen LogP) is -3.47. The molecule has 116 valence electrons. The molecule has 11 nitrogen and oxygen atoms in total. The molecule has 0 bridgehead atoms. The quantitative estimate of drug-likeness (QED) is 0.250. The van der Waals surface area contributed by atoms with Crippen LogP contribution in [0.5, 0.6) is 0 Å². The first kappa shape index (κ1) is 15.4. The van der Waals surface area contributed by atoms with Crippen molar-refractivity contribution in [3.63, 3.8) is 0 Å². The lowest BCUT2D eigenvalue weighted by molar-refractivity contribution is -0.682. The molecule has 2 rings (SSSR count). The van der Waals surface area contributed by atoms with E-state index in [1.165, 1.54) is 18.8 Å². The van der Waals surface area contributed by atoms with Gasteiger partial charge in [0.05, 0.1) is 11.9 Å². The zero-order chi connectivity index (χ0) is 16.1. The summed E-state index contributed by atoms with van der Waals surface area (Å²) in [6, 6.07) is 0. The van der Waals surface area contributed by atoms with Gasteiger partial charge >= 0.3 is 0 Å². The van der Waals surface area contributed by atoms with Gasteiger partial charge in [0.2, 0.25) is 6.33 Å². The van der Waals surface area contributed by atoms with Gasteiger partial charge in [-0.25, -0.2) is 4.98 Å². The summed E-state index contributed by atoms with van der Waals surface area (Å²) in [5.74, 6) is -2.08. The molecule has 0 aliphatic heterocycles. The van der Waals surface area contributed by atoms with E-state index in [-0.39, 0.29) is 16.5 Å². The van der Waals surface area contributed by atoms with Gasteiger partial charge in [0.1, 0.15) is 25.1 Å². The zero-order valence-electron chi connectivity index (χ0n) is 11.2. The maximum atomic E-state index is 12.1. The van der Waals surface area contributed by atoms with Crippen molar-refractivity contribution >= 4 is 34.0 Å². The lowest BCUT2D eigenvalue weighted by atomic mass is 10.3. The van der Waals surface area contributed by atoms with Crippen LogP contribution in [0.3, 0.4) is 0 Å². The fraction of sp³-hybridized carbons (Fsp3) is 0.200. The first-order valence-electron chi connectivity index (χ1n) is 5.72. The Bertz CT molecular complexity index is 735. The van der Waals surface area contributed by atoms with Crippen molar-refractivity contribution in [1.82, 2.24) is 14.8 Å².